The molecule has 0 aliphatic carbocycles. The van der Waals surface area contributed by atoms with Crippen molar-refractivity contribution in [3.63, 3.8) is 0 Å². The van der Waals surface area contributed by atoms with E-state index in [0.29, 0.717) is 41.3 Å². The Labute approximate surface area is 278 Å². The summed E-state index contributed by atoms with van der Waals surface area (Å²) in [5, 5.41) is 13.5. The Balaban J connectivity index is 1.09. The number of ether oxygens (including phenoxy) is 2. The Kier molecular flexibility index (Phi) is 8.59. The third kappa shape index (κ3) is 6.75. The summed E-state index contributed by atoms with van der Waals surface area (Å²) >= 11 is 0. The lowest BCUT2D eigenvalue weighted by molar-refractivity contribution is -0.0589. The number of pyridine rings is 1. The zero-order chi connectivity index (χ0) is 34.1. The first-order valence-corrected chi connectivity index (χ1v) is 15.4. The molecule has 0 amide bonds. The number of aromatic carboxylic acids is 1. The standard InChI is InChI=1S/C37H28F3N5O4/c1-44-26(11-13-41-44)9-6-22-5-7-24(29(38)15-22)21-49-36-4-2-3-32(43-36)28-19-30(39)25(16-31(28)40)18-35-42-33-10-8-23(37(46)47)17-34(33)45(35)20-27-12-14-48-27/h2-5,7-8,10-11,13,15-17,19,27H,12,14,18,20-21H2,1H3,(H,46,47). The van der Waals surface area contributed by atoms with Gasteiger partial charge in [0.1, 0.15) is 35.6 Å². The maximum Gasteiger partial charge on any atom is 0.335 e. The molecule has 0 bridgehead atoms. The molecule has 7 rings (SSSR count). The average molecular weight is 664 g/mol. The fraction of sp³-hybridized carbons (Fsp3) is 0.189. The van der Waals surface area contributed by atoms with Gasteiger partial charge in [0.05, 0.1) is 41.1 Å². The van der Waals surface area contributed by atoms with Crippen LogP contribution < -0.4 is 4.74 Å². The van der Waals surface area contributed by atoms with Crippen LogP contribution in [0.25, 0.3) is 22.3 Å². The first kappa shape index (κ1) is 31.7. The third-order valence-electron chi connectivity index (χ3n) is 8.32. The molecule has 6 aromatic rings. The number of imidazole rings is 1. The minimum atomic E-state index is -1.08. The lowest BCUT2D eigenvalue weighted by Crippen LogP contribution is -2.31. The monoisotopic (exact) mass is 663 g/mol. The summed E-state index contributed by atoms with van der Waals surface area (Å²) in [6.45, 7) is 0.887. The van der Waals surface area contributed by atoms with Gasteiger partial charge in [-0.2, -0.15) is 5.10 Å². The first-order valence-electron chi connectivity index (χ1n) is 15.4. The van der Waals surface area contributed by atoms with Crippen molar-refractivity contribution in [2.45, 2.75) is 32.1 Å². The van der Waals surface area contributed by atoms with Crippen LogP contribution in [0.5, 0.6) is 5.88 Å². The van der Waals surface area contributed by atoms with Crippen LogP contribution in [0.4, 0.5) is 13.2 Å². The van der Waals surface area contributed by atoms with Gasteiger partial charge >= 0.3 is 5.97 Å². The number of benzene rings is 3. The molecule has 1 unspecified atom stereocenters. The SMILES string of the molecule is Cn1nccc1C#Cc1ccc(COc2cccc(-c3cc(F)c(Cc4nc5ccc(C(=O)O)cc5n4CC4CCO4)cc3F)n2)c(F)c1. The highest BCUT2D eigenvalue weighted by Crippen LogP contribution is 2.29. The second kappa shape index (κ2) is 13.3. The number of carbonyl (C=O) groups is 1. The zero-order valence-electron chi connectivity index (χ0n) is 26.2. The number of aromatic nitrogens is 5. The van der Waals surface area contributed by atoms with Gasteiger partial charge in [0.25, 0.3) is 0 Å². The minimum absolute atomic E-state index is 0.0390. The van der Waals surface area contributed by atoms with Gasteiger partial charge in [-0.1, -0.05) is 18.1 Å². The summed E-state index contributed by atoms with van der Waals surface area (Å²) in [7, 11) is 1.77. The Hall–Kier alpha value is -5.93. The van der Waals surface area contributed by atoms with Crippen LogP contribution in [-0.4, -0.2) is 48.1 Å². The van der Waals surface area contributed by atoms with Crippen molar-refractivity contribution in [2.75, 3.05) is 6.61 Å². The number of fused-ring (bicyclic) bond motifs is 1. The van der Waals surface area contributed by atoms with Crippen molar-refractivity contribution in [3.05, 3.63) is 130 Å². The van der Waals surface area contributed by atoms with Gasteiger partial charge in [-0.3, -0.25) is 4.68 Å². The molecular weight excluding hydrogens is 635 g/mol. The topological polar surface area (TPSA) is 104 Å². The number of carboxylic acid groups (broad SMARTS) is 1. The van der Waals surface area contributed by atoms with Crippen LogP contribution in [0, 0.1) is 29.3 Å². The lowest BCUT2D eigenvalue weighted by atomic mass is 10.0. The lowest BCUT2D eigenvalue weighted by Gasteiger charge is -2.27. The van der Waals surface area contributed by atoms with Gasteiger partial charge in [0, 0.05) is 42.8 Å². The molecule has 49 heavy (non-hydrogen) atoms. The number of halogens is 3. The van der Waals surface area contributed by atoms with E-state index >= 15 is 8.78 Å². The molecule has 4 heterocycles. The van der Waals surface area contributed by atoms with Crippen LogP contribution in [0.3, 0.4) is 0 Å². The molecule has 1 fully saturated rings. The predicted octanol–water partition coefficient (Wildman–Crippen LogP) is 6.31. The van der Waals surface area contributed by atoms with Gasteiger partial charge in [0.2, 0.25) is 5.88 Å². The number of hydrogen-bond acceptors (Lipinski definition) is 6. The van der Waals surface area contributed by atoms with Crippen LogP contribution >= 0.6 is 0 Å². The number of aryl methyl sites for hydroxylation is 1. The average Bonchev–Trinajstić information content (AvgIpc) is 3.64. The third-order valence-corrected chi connectivity index (χ3v) is 8.32. The summed E-state index contributed by atoms with van der Waals surface area (Å²) in [5.41, 5.74) is 2.81. The highest BCUT2D eigenvalue weighted by atomic mass is 19.1. The van der Waals surface area contributed by atoms with Gasteiger partial charge in [-0.25, -0.2) is 27.9 Å². The summed E-state index contributed by atoms with van der Waals surface area (Å²) in [5.74, 6) is 3.46. The number of rotatable bonds is 9. The van der Waals surface area contributed by atoms with Crippen LogP contribution in [0.1, 0.15) is 45.0 Å². The molecule has 1 saturated heterocycles. The van der Waals surface area contributed by atoms with E-state index in [1.54, 1.807) is 54.3 Å². The fourth-order valence-corrected chi connectivity index (χ4v) is 5.54. The van der Waals surface area contributed by atoms with Crippen molar-refractivity contribution in [1.29, 1.82) is 0 Å². The highest BCUT2D eigenvalue weighted by Gasteiger charge is 2.24. The number of nitrogens with zero attached hydrogens (tertiary/aromatic N) is 5. The first-order chi connectivity index (χ1) is 23.7. The van der Waals surface area contributed by atoms with E-state index in [0.717, 1.165) is 18.6 Å². The molecule has 246 valence electrons. The van der Waals surface area contributed by atoms with E-state index in [4.69, 9.17) is 9.47 Å². The fourth-order valence-electron chi connectivity index (χ4n) is 5.54. The molecule has 0 radical (unpaired) electrons. The highest BCUT2D eigenvalue weighted by molar-refractivity contribution is 5.92. The number of hydrogen-bond donors (Lipinski definition) is 1. The van der Waals surface area contributed by atoms with Gasteiger partial charge in [-0.05, 0) is 72.5 Å². The summed E-state index contributed by atoms with van der Waals surface area (Å²) in [6.07, 6.45) is 2.34. The molecule has 1 aliphatic heterocycles. The molecule has 3 aromatic heterocycles. The zero-order valence-corrected chi connectivity index (χ0v) is 26.2. The van der Waals surface area contributed by atoms with Crippen LogP contribution in [0.15, 0.2) is 79.0 Å². The minimum Gasteiger partial charge on any atom is -0.478 e. The Bertz CT molecular complexity index is 2280. The second-order valence-corrected chi connectivity index (χ2v) is 11.6. The molecular formula is C37H28F3N5O4. The molecule has 0 saturated carbocycles. The van der Waals surface area contributed by atoms with Crippen molar-refractivity contribution >= 4 is 17.0 Å². The van der Waals surface area contributed by atoms with Crippen LogP contribution in [0.2, 0.25) is 0 Å². The molecule has 12 heteroatoms. The van der Waals surface area contributed by atoms with E-state index in [-0.39, 0.29) is 53.0 Å². The number of carboxylic acids is 1. The molecule has 1 atom stereocenters. The van der Waals surface area contributed by atoms with E-state index < -0.39 is 23.4 Å². The van der Waals surface area contributed by atoms with Crippen molar-refractivity contribution in [3.8, 4) is 29.0 Å². The smallest absolute Gasteiger partial charge is 0.335 e. The van der Waals surface area contributed by atoms with E-state index in [1.165, 1.54) is 24.3 Å². The van der Waals surface area contributed by atoms with Gasteiger partial charge < -0.3 is 19.1 Å². The Morgan fingerprint density at radius 2 is 1.82 bits per heavy atom. The van der Waals surface area contributed by atoms with E-state index in [1.807, 2.05) is 4.57 Å². The molecule has 9 nitrogen and oxygen atoms in total. The maximum atomic E-state index is 15.6. The van der Waals surface area contributed by atoms with Gasteiger partial charge in [0.15, 0.2) is 0 Å². The quantitative estimate of drug-likeness (QED) is 0.181. The second-order valence-electron chi connectivity index (χ2n) is 11.6. The van der Waals surface area contributed by atoms with Crippen LogP contribution in [-0.2, 0) is 31.4 Å². The molecule has 0 spiro atoms. The molecule has 1 aliphatic rings. The van der Waals surface area contributed by atoms with Crippen molar-refractivity contribution in [1.82, 2.24) is 24.3 Å². The van der Waals surface area contributed by atoms with E-state index in [2.05, 4.69) is 26.9 Å². The van der Waals surface area contributed by atoms with Gasteiger partial charge in [-0.15, -0.1) is 0 Å². The summed E-state index contributed by atoms with van der Waals surface area (Å²) in [6, 6.07) is 17.8. The van der Waals surface area contributed by atoms with Crippen molar-refractivity contribution in [2.24, 2.45) is 7.05 Å². The maximum absolute atomic E-state index is 15.6. The normalized spacial score (nSPS) is 13.9. The molecule has 1 N–H and O–H groups in total. The van der Waals surface area contributed by atoms with Crippen molar-refractivity contribution < 1.29 is 32.5 Å². The predicted molar refractivity (Wildman–Crippen MR) is 173 cm³/mol. The largest absolute Gasteiger partial charge is 0.478 e. The summed E-state index contributed by atoms with van der Waals surface area (Å²) in [4.78, 5) is 20.6. The Morgan fingerprint density at radius 1 is 0.980 bits per heavy atom. The molecule has 3 aromatic carbocycles. The van der Waals surface area contributed by atoms with E-state index in [9.17, 15) is 14.3 Å². The Morgan fingerprint density at radius 3 is 2.55 bits per heavy atom. The summed E-state index contributed by atoms with van der Waals surface area (Å²) < 4.78 is 60.7.